The Morgan fingerprint density at radius 2 is 1.74 bits per heavy atom. The molecule has 0 unspecified atom stereocenters. The number of rotatable bonds is 1. The maximum absolute atomic E-state index is 13.8. The quantitative estimate of drug-likeness (QED) is 0.646. The van der Waals surface area contributed by atoms with Gasteiger partial charge in [-0.25, -0.2) is 9.37 Å². The van der Waals surface area contributed by atoms with E-state index in [0.717, 1.165) is 0 Å². The minimum absolute atomic E-state index is 0.302. The molecule has 0 aliphatic rings. The van der Waals surface area contributed by atoms with Gasteiger partial charge in [0.15, 0.2) is 0 Å². The van der Waals surface area contributed by atoms with Crippen molar-refractivity contribution in [3.63, 3.8) is 0 Å². The summed E-state index contributed by atoms with van der Waals surface area (Å²) in [5.41, 5.74) is 1.60. The molecule has 2 nitrogen and oxygen atoms in total. The van der Waals surface area contributed by atoms with Crippen molar-refractivity contribution in [3.05, 3.63) is 51.2 Å². The Hall–Kier alpha value is -1.29. The molecule has 0 radical (unpaired) electrons. The predicted octanol–water partition coefficient (Wildman–Crippen LogP) is 5.33. The van der Waals surface area contributed by atoms with Crippen LogP contribution in [0.25, 0.3) is 22.4 Å². The number of aromatic nitrogens is 2. The van der Waals surface area contributed by atoms with Crippen LogP contribution in [-0.2, 0) is 0 Å². The Bertz CT molecular complexity index is 744. The van der Waals surface area contributed by atoms with Crippen LogP contribution in [0.2, 0.25) is 15.1 Å². The van der Waals surface area contributed by atoms with Gasteiger partial charge in [-0.1, -0.05) is 34.8 Å². The lowest BCUT2D eigenvalue weighted by atomic mass is 10.2. The van der Waals surface area contributed by atoms with Crippen molar-refractivity contribution in [3.8, 4) is 11.4 Å². The van der Waals surface area contributed by atoms with Gasteiger partial charge in [0.1, 0.15) is 11.6 Å². The minimum atomic E-state index is -0.402. The zero-order valence-corrected chi connectivity index (χ0v) is 11.6. The van der Waals surface area contributed by atoms with Crippen molar-refractivity contribution in [2.75, 3.05) is 0 Å². The van der Waals surface area contributed by atoms with E-state index in [-0.39, 0.29) is 0 Å². The van der Waals surface area contributed by atoms with E-state index in [2.05, 4.69) is 9.97 Å². The lowest BCUT2D eigenvalue weighted by molar-refractivity contribution is 0.630. The zero-order valence-electron chi connectivity index (χ0n) is 9.35. The number of benzene rings is 2. The lowest BCUT2D eigenvalue weighted by Crippen LogP contribution is -1.86. The van der Waals surface area contributed by atoms with E-state index < -0.39 is 5.82 Å². The molecule has 0 saturated carbocycles. The van der Waals surface area contributed by atoms with E-state index in [1.165, 1.54) is 18.2 Å². The number of nitrogens with one attached hydrogen (secondary N) is 1. The van der Waals surface area contributed by atoms with E-state index in [1.54, 1.807) is 12.1 Å². The molecule has 19 heavy (non-hydrogen) atoms. The van der Waals surface area contributed by atoms with Crippen LogP contribution < -0.4 is 0 Å². The Balaban J connectivity index is 2.23. The number of halogens is 4. The summed E-state index contributed by atoms with van der Waals surface area (Å²) in [4.78, 5) is 7.28. The summed E-state index contributed by atoms with van der Waals surface area (Å²) in [5.74, 6) is -0.0195. The van der Waals surface area contributed by atoms with Crippen molar-refractivity contribution >= 4 is 45.8 Å². The third kappa shape index (κ3) is 2.29. The highest BCUT2D eigenvalue weighted by Gasteiger charge is 2.12. The van der Waals surface area contributed by atoms with Gasteiger partial charge in [0.2, 0.25) is 0 Å². The first-order valence-corrected chi connectivity index (χ1v) is 6.48. The third-order valence-electron chi connectivity index (χ3n) is 2.71. The molecule has 0 aliphatic heterocycles. The van der Waals surface area contributed by atoms with Crippen LogP contribution in [0.4, 0.5) is 4.39 Å². The SMILES string of the molecule is Fc1ccc(Cl)cc1-c1nc2cc(Cl)c(Cl)cc2[nH]1. The second-order valence-electron chi connectivity index (χ2n) is 3.99. The van der Waals surface area contributed by atoms with Gasteiger partial charge in [-0.05, 0) is 30.3 Å². The summed E-state index contributed by atoms with van der Waals surface area (Å²) in [6, 6.07) is 7.57. The Morgan fingerprint density at radius 3 is 2.53 bits per heavy atom. The van der Waals surface area contributed by atoms with Gasteiger partial charge in [-0.2, -0.15) is 0 Å². The largest absolute Gasteiger partial charge is 0.338 e. The van der Waals surface area contributed by atoms with Gasteiger partial charge in [-0.3, -0.25) is 0 Å². The molecule has 6 heteroatoms. The molecule has 1 N–H and O–H groups in total. The van der Waals surface area contributed by atoms with Gasteiger partial charge in [0.25, 0.3) is 0 Å². The number of imidazole rings is 1. The number of fused-ring (bicyclic) bond motifs is 1. The highest BCUT2D eigenvalue weighted by molar-refractivity contribution is 6.42. The number of hydrogen-bond donors (Lipinski definition) is 1. The van der Waals surface area contributed by atoms with Gasteiger partial charge in [0.05, 0.1) is 26.6 Å². The maximum Gasteiger partial charge on any atom is 0.141 e. The number of nitrogens with zero attached hydrogens (tertiary/aromatic N) is 1. The molecule has 1 aromatic heterocycles. The summed E-state index contributed by atoms with van der Waals surface area (Å²) >= 11 is 17.7. The van der Waals surface area contributed by atoms with Crippen molar-refractivity contribution in [1.29, 1.82) is 0 Å². The van der Waals surface area contributed by atoms with E-state index in [0.29, 0.717) is 37.5 Å². The molecule has 0 aliphatic carbocycles. The first-order chi connectivity index (χ1) is 9.04. The molecular weight excluding hydrogens is 310 g/mol. The van der Waals surface area contributed by atoms with E-state index in [1.807, 2.05) is 0 Å². The number of H-pyrrole nitrogens is 1. The first-order valence-electron chi connectivity index (χ1n) is 5.35. The number of aromatic amines is 1. The summed E-state index contributed by atoms with van der Waals surface area (Å²) in [6.45, 7) is 0. The predicted molar refractivity (Wildman–Crippen MR) is 76.5 cm³/mol. The van der Waals surface area contributed by atoms with Gasteiger partial charge in [-0.15, -0.1) is 0 Å². The molecule has 0 amide bonds. The molecule has 0 spiro atoms. The Morgan fingerprint density at radius 1 is 1.00 bits per heavy atom. The smallest absolute Gasteiger partial charge is 0.141 e. The fourth-order valence-corrected chi connectivity index (χ4v) is 2.31. The molecule has 0 bridgehead atoms. The van der Waals surface area contributed by atoms with Crippen LogP contribution in [0, 0.1) is 5.82 Å². The zero-order chi connectivity index (χ0) is 13.6. The molecule has 0 fully saturated rings. The Kier molecular flexibility index (Phi) is 3.13. The van der Waals surface area contributed by atoms with Crippen LogP contribution in [0.1, 0.15) is 0 Å². The Labute approximate surface area is 123 Å². The van der Waals surface area contributed by atoms with E-state index >= 15 is 0 Å². The van der Waals surface area contributed by atoms with Gasteiger partial charge >= 0.3 is 0 Å². The summed E-state index contributed by atoms with van der Waals surface area (Å²) in [5, 5.41) is 1.25. The van der Waals surface area contributed by atoms with Crippen molar-refractivity contribution in [2.24, 2.45) is 0 Å². The fourth-order valence-electron chi connectivity index (χ4n) is 1.81. The summed E-state index contributed by atoms with van der Waals surface area (Å²) < 4.78 is 13.8. The van der Waals surface area contributed by atoms with Gasteiger partial charge < -0.3 is 4.98 Å². The van der Waals surface area contributed by atoms with Crippen molar-refractivity contribution in [1.82, 2.24) is 9.97 Å². The van der Waals surface area contributed by atoms with Crippen LogP contribution in [0.5, 0.6) is 0 Å². The highest BCUT2D eigenvalue weighted by atomic mass is 35.5. The lowest BCUT2D eigenvalue weighted by Gasteiger charge is -1.99. The topological polar surface area (TPSA) is 28.7 Å². The summed E-state index contributed by atoms with van der Waals surface area (Å²) in [7, 11) is 0. The van der Waals surface area contributed by atoms with Crippen LogP contribution >= 0.6 is 34.8 Å². The molecular formula is C13H6Cl3FN2. The average Bonchev–Trinajstić information content (AvgIpc) is 2.75. The van der Waals surface area contributed by atoms with E-state index in [9.17, 15) is 4.39 Å². The van der Waals surface area contributed by atoms with Gasteiger partial charge in [0, 0.05) is 5.02 Å². The normalized spacial score (nSPS) is 11.2. The second-order valence-corrected chi connectivity index (χ2v) is 5.24. The molecule has 96 valence electrons. The molecule has 1 heterocycles. The molecule has 0 saturated heterocycles. The van der Waals surface area contributed by atoms with Crippen LogP contribution in [0.15, 0.2) is 30.3 Å². The molecule has 3 aromatic rings. The van der Waals surface area contributed by atoms with Crippen molar-refractivity contribution in [2.45, 2.75) is 0 Å². The fraction of sp³-hybridized carbons (Fsp3) is 0. The standard InChI is InChI=1S/C13H6Cl3FN2/c14-6-1-2-10(17)7(3-6)13-18-11-4-8(15)9(16)5-12(11)19-13/h1-5H,(H,18,19). The van der Waals surface area contributed by atoms with Crippen LogP contribution in [0.3, 0.4) is 0 Å². The highest BCUT2D eigenvalue weighted by Crippen LogP contribution is 2.30. The maximum atomic E-state index is 13.8. The molecule has 2 aromatic carbocycles. The van der Waals surface area contributed by atoms with Crippen molar-refractivity contribution < 1.29 is 4.39 Å². The average molecular weight is 316 g/mol. The molecule has 0 atom stereocenters. The first kappa shape index (κ1) is 12.7. The second kappa shape index (κ2) is 4.67. The number of hydrogen-bond acceptors (Lipinski definition) is 1. The summed E-state index contributed by atoms with van der Waals surface area (Å²) in [6.07, 6.45) is 0. The molecule has 3 rings (SSSR count). The monoisotopic (exact) mass is 314 g/mol. The van der Waals surface area contributed by atoms with E-state index in [4.69, 9.17) is 34.8 Å². The van der Waals surface area contributed by atoms with Crippen LogP contribution in [-0.4, -0.2) is 9.97 Å². The minimum Gasteiger partial charge on any atom is -0.338 e. The third-order valence-corrected chi connectivity index (χ3v) is 3.66.